The van der Waals surface area contributed by atoms with E-state index in [4.69, 9.17) is 15.2 Å². The molecule has 1 atom stereocenters. The van der Waals surface area contributed by atoms with Gasteiger partial charge in [0.2, 0.25) is 5.91 Å². The van der Waals surface area contributed by atoms with Crippen LogP contribution in [0.25, 0.3) is 0 Å². The van der Waals surface area contributed by atoms with Crippen LogP contribution in [0.2, 0.25) is 0 Å². The molecule has 0 aromatic heterocycles. The van der Waals surface area contributed by atoms with Gasteiger partial charge in [-0.1, -0.05) is 0 Å². The molecule has 0 spiro atoms. The number of methoxy groups -OCH3 is 1. The molecule has 0 bridgehead atoms. The van der Waals surface area contributed by atoms with Crippen LogP contribution in [0.15, 0.2) is 0 Å². The molecule has 1 aliphatic heterocycles. The molecule has 112 valence electrons. The van der Waals surface area contributed by atoms with E-state index in [0.717, 1.165) is 13.0 Å². The van der Waals surface area contributed by atoms with Crippen molar-refractivity contribution >= 4 is 5.91 Å². The van der Waals surface area contributed by atoms with Crippen molar-refractivity contribution in [2.24, 2.45) is 5.73 Å². The van der Waals surface area contributed by atoms with Crippen molar-refractivity contribution in [3.05, 3.63) is 0 Å². The van der Waals surface area contributed by atoms with Crippen LogP contribution in [0.5, 0.6) is 0 Å². The number of hydrogen-bond acceptors (Lipinski definition) is 5. The molecule has 19 heavy (non-hydrogen) atoms. The maximum absolute atomic E-state index is 12.5. The maximum Gasteiger partial charge on any atom is 0.245 e. The summed E-state index contributed by atoms with van der Waals surface area (Å²) in [6, 6.07) is 0. The molecular weight excluding hydrogens is 246 g/mol. The fourth-order valence-corrected chi connectivity index (χ4v) is 2.16. The van der Waals surface area contributed by atoms with Crippen LogP contribution >= 0.6 is 0 Å². The van der Waals surface area contributed by atoms with Gasteiger partial charge in [0.25, 0.3) is 0 Å². The lowest BCUT2D eigenvalue weighted by Gasteiger charge is -2.30. The van der Waals surface area contributed by atoms with Crippen LogP contribution < -0.4 is 5.73 Å². The predicted octanol–water partition coefficient (Wildman–Crippen LogP) is -0.469. The number of carbonyl (C=O) groups excluding carboxylic acids is 1. The second-order valence-electron chi connectivity index (χ2n) is 5.40. The number of nitrogens with two attached hydrogens (primary N) is 1. The number of hydrogen-bond donors (Lipinski definition) is 1. The molecule has 1 unspecified atom stereocenters. The molecule has 0 saturated carbocycles. The lowest BCUT2D eigenvalue weighted by atomic mass is 9.98. The zero-order valence-corrected chi connectivity index (χ0v) is 12.4. The molecule has 1 fully saturated rings. The van der Waals surface area contributed by atoms with E-state index in [9.17, 15) is 4.79 Å². The van der Waals surface area contributed by atoms with E-state index >= 15 is 0 Å². The van der Waals surface area contributed by atoms with Gasteiger partial charge < -0.3 is 25.0 Å². The molecule has 0 aliphatic carbocycles. The smallest absolute Gasteiger partial charge is 0.245 e. The highest BCUT2D eigenvalue weighted by atomic mass is 16.5. The van der Waals surface area contributed by atoms with Gasteiger partial charge in [-0.3, -0.25) is 4.79 Å². The molecule has 1 rings (SSSR count). The Labute approximate surface area is 115 Å². The Bertz CT molecular complexity index is 278. The number of carbonyl (C=O) groups is 1. The summed E-state index contributed by atoms with van der Waals surface area (Å²) in [6.45, 7) is 3.66. The van der Waals surface area contributed by atoms with Gasteiger partial charge in [-0.2, -0.15) is 0 Å². The lowest BCUT2D eigenvalue weighted by Crippen LogP contribution is -2.56. The lowest BCUT2D eigenvalue weighted by molar-refractivity contribution is -0.137. The van der Waals surface area contributed by atoms with Crippen LogP contribution in [-0.4, -0.2) is 81.9 Å². The normalized spacial score (nSPS) is 23.0. The summed E-state index contributed by atoms with van der Waals surface area (Å²) >= 11 is 0. The van der Waals surface area contributed by atoms with E-state index in [-0.39, 0.29) is 5.91 Å². The summed E-state index contributed by atoms with van der Waals surface area (Å²) < 4.78 is 10.3. The van der Waals surface area contributed by atoms with Crippen molar-refractivity contribution in [3.63, 3.8) is 0 Å². The summed E-state index contributed by atoms with van der Waals surface area (Å²) in [5.74, 6) is -0.0131. The Morgan fingerprint density at radius 1 is 1.37 bits per heavy atom. The summed E-state index contributed by atoms with van der Waals surface area (Å²) in [4.78, 5) is 16.4. The minimum atomic E-state index is -0.841. The largest absolute Gasteiger partial charge is 0.383 e. The third kappa shape index (κ3) is 5.06. The van der Waals surface area contributed by atoms with E-state index < -0.39 is 5.54 Å². The number of rotatable bonds is 8. The molecule has 6 nitrogen and oxygen atoms in total. The number of ether oxygens (including phenoxy) is 2. The van der Waals surface area contributed by atoms with Gasteiger partial charge in [-0.05, 0) is 33.5 Å². The van der Waals surface area contributed by atoms with E-state index in [2.05, 4.69) is 4.90 Å². The average Bonchev–Trinajstić information content (AvgIpc) is 2.80. The number of amides is 1. The molecule has 0 radical (unpaired) electrons. The van der Waals surface area contributed by atoms with Crippen LogP contribution in [0.1, 0.15) is 12.8 Å². The summed E-state index contributed by atoms with van der Waals surface area (Å²) in [5.41, 5.74) is 5.30. The van der Waals surface area contributed by atoms with Gasteiger partial charge in [0.15, 0.2) is 0 Å². The van der Waals surface area contributed by atoms with Gasteiger partial charge in [0, 0.05) is 26.8 Å². The van der Waals surface area contributed by atoms with E-state index in [1.54, 1.807) is 7.11 Å². The van der Waals surface area contributed by atoms with Crippen molar-refractivity contribution in [1.82, 2.24) is 9.80 Å². The molecule has 0 aromatic rings. The summed E-state index contributed by atoms with van der Waals surface area (Å²) in [7, 11) is 5.69. The zero-order chi connectivity index (χ0) is 14.3. The Kier molecular flexibility index (Phi) is 6.71. The molecule has 1 amide bonds. The van der Waals surface area contributed by atoms with Gasteiger partial charge in [0.1, 0.15) is 5.54 Å². The Morgan fingerprint density at radius 2 is 2.11 bits per heavy atom. The monoisotopic (exact) mass is 273 g/mol. The minimum absolute atomic E-state index is 0.0131. The Hall–Kier alpha value is -0.690. The fourth-order valence-electron chi connectivity index (χ4n) is 2.16. The third-order valence-electron chi connectivity index (χ3n) is 3.36. The second-order valence-corrected chi connectivity index (χ2v) is 5.40. The van der Waals surface area contributed by atoms with Crippen LogP contribution in [0.4, 0.5) is 0 Å². The second kappa shape index (κ2) is 7.79. The molecular formula is C13H27N3O3. The quantitative estimate of drug-likeness (QED) is 0.647. The first-order valence-corrected chi connectivity index (χ1v) is 6.79. The maximum atomic E-state index is 12.5. The van der Waals surface area contributed by atoms with Crippen LogP contribution in [0.3, 0.4) is 0 Å². The molecule has 6 heteroatoms. The molecule has 0 aromatic carbocycles. The third-order valence-corrected chi connectivity index (χ3v) is 3.36. The van der Waals surface area contributed by atoms with E-state index in [0.29, 0.717) is 39.3 Å². The van der Waals surface area contributed by atoms with Crippen LogP contribution in [-0.2, 0) is 14.3 Å². The van der Waals surface area contributed by atoms with Gasteiger partial charge in [0.05, 0.1) is 13.2 Å². The fraction of sp³-hybridized carbons (Fsp3) is 0.923. The topological polar surface area (TPSA) is 68.0 Å². The molecule has 1 saturated heterocycles. The SMILES string of the molecule is COCCN(CCCN(C)C)C(=O)C1(N)CCOC1. The average molecular weight is 273 g/mol. The van der Waals surface area contributed by atoms with Crippen molar-refractivity contribution in [3.8, 4) is 0 Å². The standard InChI is InChI=1S/C13H27N3O3/c1-15(2)6-4-7-16(8-10-18-3)12(17)13(14)5-9-19-11-13/h4-11,14H2,1-3H3. The highest BCUT2D eigenvalue weighted by molar-refractivity contribution is 5.86. The van der Waals surface area contributed by atoms with Crippen molar-refractivity contribution in [2.75, 3.05) is 60.7 Å². The first kappa shape index (κ1) is 16.4. The van der Waals surface area contributed by atoms with E-state index in [1.165, 1.54) is 0 Å². The van der Waals surface area contributed by atoms with Gasteiger partial charge in [-0.15, -0.1) is 0 Å². The zero-order valence-electron chi connectivity index (χ0n) is 12.4. The highest BCUT2D eigenvalue weighted by Gasteiger charge is 2.40. The first-order chi connectivity index (χ1) is 8.99. The van der Waals surface area contributed by atoms with Gasteiger partial charge in [-0.25, -0.2) is 0 Å². The Balaban J connectivity index is 2.53. The molecule has 1 aliphatic rings. The molecule has 1 heterocycles. The van der Waals surface area contributed by atoms with Crippen molar-refractivity contribution in [1.29, 1.82) is 0 Å². The van der Waals surface area contributed by atoms with Crippen LogP contribution in [0, 0.1) is 0 Å². The van der Waals surface area contributed by atoms with Crippen molar-refractivity contribution < 1.29 is 14.3 Å². The van der Waals surface area contributed by atoms with E-state index in [1.807, 2.05) is 19.0 Å². The van der Waals surface area contributed by atoms with Gasteiger partial charge >= 0.3 is 0 Å². The molecule has 2 N–H and O–H groups in total. The highest BCUT2D eigenvalue weighted by Crippen LogP contribution is 2.18. The minimum Gasteiger partial charge on any atom is -0.383 e. The predicted molar refractivity (Wildman–Crippen MR) is 74.0 cm³/mol. The van der Waals surface area contributed by atoms with Crippen molar-refractivity contribution in [2.45, 2.75) is 18.4 Å². The summed E-state index contributed by atoms with van der Waals surface area (Å²) in [6.07, 6.45) is 1.53. The number of nitrogens with zero attached hydrogens (tertiary/aromatic N) is 2. The first-order valence-electron chi connectivity index (χ1n) is 6.79. The summed E-state index contributed by atoms with van der Waals surface area (Å²) in [5, 5.41) is 0. The Morgan fingerprint density at radius 3 is 2.63 bits per heavy atom.